The molecular formula is C28H26ClN3O. The molecule has 1 aromatic heterocycles. The normalized spacial score (nSPS) is 15.7. The Morgan fingerprint density at radius 3 is 2.64 bits per heavy atom. The number of hydrogen-bond donors (Lipinski definition) is 1. The lowest BCUT2D eigenvalue weighted by atomic mass is 9.99. The number of nitrogens with one attached hydrogen (secondary N) is 1. The van der Waals surface area contributed by atoms with E-state index in [1.807, 2.05) is 37.3 Å². The Hall–Kier alpha value is -3.37. The summed E-state index contributed by atoms with van der Waals surface area (Å²) in [4.78, 5) is 19.8. The van der Waals surface area contributed by atoms with Gasteiger partial charge in [0.15, 0.2) is 0 Å². The van der Waals surface area contributed by atoms with Gasteiger partial charge in [-0.05, 0) is 60.9 Å². The van der Waals surface area contributed by atoms with Crippen LogP contribution in [0.5, 0.6) is 0 Å². The van der Waals surface area contributed by atoms with Gasteiger partial charge in [0.1, 0.15) is 0 Å². The maximum atomic E-state index is 12.6. The molecule has 1 fully saturated rings. The maximum Gasteiger partial charge on any atom is 0.228 e. The molecule has 5 rings (SSSR count). The zero-order valence-corrected chi connectivity index (χ0v) is 19.3. The van der Waals surface area contributed by atoms with Crippen molar-refractivity contribution in [1.29, 1.82) is 0 Å². The van der Waals surface area contributed by atoms with E-state index in [4.69, 9.17) is 16.6 Å². The third-order valence-electron chi connectivity index (χ3n) is 6.28. The summed E-state index contributed by atoms with van der Waals surface area (Å²) < 4.78 is 0. The highest BCUT2D eigenvalue weighted by Crippen LogP contribution is 2.35. The molecule has 1 saturated heterocycles. The first-order valence-electron chi connectivity index (χ1n) is 11.3. The Morgan fingerprint density at radius 2 is 1.85 bits per heavy atom. The van der Waals surface area contributed by atoms with Crippen LogP contribution in [0.4, 0.5) is 11.4 Å². The van der Waals surface area contributed by atoms with E-state index >= 15 is 0 Å². The molecule has 0 bridgehead atoms. The SMILES string of the molecule is Cc1cc(N2CCC(c3ccccc3)C2)c2cc(NC(=O)Cc3ccc(Cl)cc3)ccc2n1. The molecule has 1 aliphatic heterocycles. The van der Waals surface area contributed by atoms with E-state index in [0.29, 0.717) is 17.4 Å². The van der Waals surface area contributed by atoms with Crippen molar-refractivity contribution < 1.29 is 4.79 Å². The lowest BCUT2D eigenvalue weighted by Gasteiger charge is -2.22. The molecule has 1 aliphatic rings. The Bertz CT molecular complexity index is 1290. The van der Waals surface area contributed by atoms with Crippen LogP contribution < -0.4 is 10.2 Å². The minimum Gasteiger partial charge on any atom is -0.370 e. The highest BCUT2D eigenvalue weighted by atomic mass is 35.5. The van der Waals surface area contributed by atoms with Crippen molar-refractivity contribution in [3.8, 4) is 0 Å². The van der Waals surface area contributed by atoms with Crippen LogP contribution in [0, 0.1) is 6.92 Å². The third-order valence-corrected chi connectivity index (χ3v) is 6.53. The Kier molecular flexibility index (Phi) is 6.01. The molecule has 1 atom stereocenters. The second-order valence-electron chi connectivity index (χ2n) is 8.71. The molecule has 0 saturated carbocycles. The molecule has 4 nitrogen and oxygen atoms in total. The number of amides is 1. The highest BCUT2D eigenvalue weighted by Gasteiger charge is 2.25. The zero-order valence-electron chi connectivity index (χ0n) is 18.6. The predicted octanol–water partition coefficient (Wildman–Crippen LogP) is 6.37. The van der Waals surface area contributed by atoms with Crippen molar-refractivity contribution in [1.82, 2.24) is 4.98 Å². The summed E-state index contributed by atoms with van der Waals surface area (Å²) in [5.41, 5.74) is 6.24. The van der Waals surface area contributed by atoms with Gasteiger partial charge in [-0.15, -0.1) is 0 Å². The largest absolute Gasteiger partial charge is 0.370 e. The monoisotopic (exact) mass is 455 g/mol. The van der Waals surface area contributed by atoms with Gasteiger partial charge in [-0.1, -0.05) is 54.1 Å². The Morgan fingerprint density at radius 1 is 1.06 bits per heavy atom. The van der Waals surface area contributed by atoms with Crippen LogP contribution in [0.1, 0.15) is 29.2 Å². The number of aromatic nitrogens is 1. The third kappa shape index (κ3) is 4.86. The van der Waals surface area contributed by atoms with Gasteiger partial charge < -0.3 is 10.2 Å². The summed E-state index contributed by atoms with van der Waals surface area (Å²) >= 11 is 5.95. The number of benzene rings is 3. The van der Waals surface area contributed by atoms with Crippen LogP contribution in [0.2, 0.25) is 5.02 Å². The van der Waals surface area contributed by atoms with Gasteiger partial charge in [0.05, 0.1) is 11.9 Å². The molecule has 33 heavy (non-hydrogen) atoms. The number of pyridine rings is 1. The Labute approximate surface area is 199 Å². The number of halogens is 1. The van der Waals surface area contributed by atoms with Crippen LogP contribution in [0.3, 0.4) is 0 Å². The molecular weight excluding hydrogens is 430 g/mol. The molecule has 5 heteroatoms. The number of carbonyl (C=O) groups is 1. The van der Waals surface area contributed by atoms with E-state index in [1.54, 1.807) is 12.1 Å². The summed E-state index contributed by atoms with van der Waals surface area (Å²) in [7, 11) is 0. The van der Waals surface area contributed by atoms with Crippen LogP contribution in [-0.4, -0.2) is 24.0 Å². The quantitative estimate of drug-likeness (QED) is 0.380. The molecule has 166 valence electrons. The lowest BCUT2D eigenvalue weighted by Crippen LogP contribution is -2.20. The standard InChI is InChI=1S/C28H26ClN3O/c1-19-15-27(32-14-13-22(18-32)21-5-3-2-4-6-21)25-17-24(11-12-26(25)30-19)31-28(33)16-20-7-9-23(29)10-8-20/h2-12,15,17,22H,13-14,16,18H2,1H3,(H,31,33). The molecule has 3 aromatic carbocycles. The van der Waals surface area contributed by atoms with Crippen LogP contribution in [0.15, 0.2) is 78.9 Å². The highest BCUT2D eigenvalue weighted by molar-refractivity contribution is 6.30. The fourth-order valence-corrected chi connectivity index (χ4v) is 4.77. The summed E-state index contributed by atoms with van der Waals surface area (Å²) in [6, 6.07) is 26.2. The van der Waals surface area contributed by atoms with E-state index in [0.717, 1.165) is 47.4 Å². The van der Waals surface area contributed by atoms with Crippen molar-refractivity contribution in [2.24, 2.45) is 0 Å². The van der Waals surface area contributed by atoms with E-state index in [9.17, 15) is 4.79 Å². The number of nitrogens with zero attached hydrogens (tertiary/aromatic N) is 2. The summed E-state index contributed by atoms with van der Waals surface area (Å²) in [6.45, 7) is 4.02. The molecule has 1 amide bonds. The fraction of sp³-hybridized carbons (Fsp3) is 0.214. The number of anilines is 2. The number of rotatable bonds is 5. The molecule has 4 aromatic rings. The number of carbonyl (C=O) groups excluding carboxylic acids is 1. The van der Waals surface area contributed by atoms with Crippen LogP contribution in [-0.2, 0) is 11.2 Å². The van der Waals surface area contributed by atoms with Crippen molar-refractivity contribution in [2.45, 2.75) is 25.7 Å². The van der Waals surface area contributed by atoms with Gasteiger partial charge in [0.25, 0.3) is 0 Å². The van der Waals surface area contributed by atoms with E-state index in [-0.39, 0.29) is 5.91 Å². The summed E-state index contributed by atoms with van der Waals surface area (Å²) in [6.07, 6.45) is 1.43. The van der Waals surface area contributed by atoms with E-state index in [1.165, 1.54) is 11.3 Å². The second-order valence-corrected chi connectivity index (χ2v) is 9.14. The topological polar surface area (TPSA) is 45.2 Å². The number of fused-ring (bicyclic) bond motifs is 1. The van der Waals surface area contributed by atoms with Gasteiger partial charge >= 0.3 is 0 Å². The van der Waals surface area contributed by atoms with Crippen LogP contribution >= 0.6 is 11.6 Å². The summed E-state index contributed by atoms with van der Waals surface area (Å²) in [5, 5.41) is 4.78. The molecule has 1 unspecified atom stereocenters. The molecule has 0 radical (unpaired) electrons. The first-order chi connectivity index (χ1) is 16.0. The van der Waals surface area contributed by atoms with Crippen LogP contribution in [0.25, 0.3) is 10.9 Å². The van der Waals surface area contributed by atoms with Gasteiger partial charge in [0.2, 0.25) is 5.91 Å². The van der Waals surface area contributed by atoms with Crippen molar-refractivity contribution >= 4 is 39.8 Å². The van der Waals surface area contributed by atoms with Gasteiger partial charge in [-0.25, -0.2) is 0 Å². The summed E-state index contributed by atoms with van der Waals surface area (Å²) in [5.74, 6) is 0.473. The number of hydrogen-bond acceptors (Lipinski definition) is 3. The average Bonchev–Trinajstić information content (AvgIpc) is 3.31. The van der Waals surface area contributed by atoms with Crippen molar-refractivity contribution in [3.63, 3.8) is 0 Å². The van der Waals surface area contributed by atoms with Gasteiger partial charge in [0, 0.05) is 46.5 Å². The predicted molar refractivity (Wildman–Crippen MR) is 136 cm³/mol. The van der Waals surface area contributed by atoms with Gasteiger partial charge in [-0.3, -0.25) is 9.78 Å². The van der Waals surface area contributed by atoms with Crippen molar-refractivity contribution in [2.75, 3.05) is 23.3 Å². The second kappa shape index (κ2) is 9.24. The molecule has 0 spiro atoms. The minimum absolute atomic E-state index is 0.0522. The minimum atomic E-state index is -0.0522. The smallest absolute Gasteiger partial charge is 0.228 e. The average molecular weight is 456 g/mol. The van der Waals surface area contributed by atoms with Gasteiger partial charge in [-0.2, -0.15) is 0 Å². The Balaban J connectivity index is 1.38. The maximum absolute atomic E-state index is 12.6. The number of aryl methyl sites for hydroxylation is 1. The van der Waals surface area contributed by atoms with Crippen molar-refractivity contribution in [3.05, 3.63) is 101 Å². The van der Waals surface area contributed by atoms with E-state index < -0.39 is 0 Å². The molecule has 1 N–H and O–H groups in total. The zero-order chi connectivity index (χ0) is 22.8. The van der Waals surface area contributed by atoms with E-state index in [2.05, 4.69) is 46.6 Å². The first-order valence-corrected chi connectivity index (χ1v) is 11.7. The fourth-order valence-electron chi connectivity index (χ4n) is 4.65. The molecule has 2 heterocycles. The lowest BCUT2D eigenvalue weighted by molar-refractivity contribution is -0.115. The molecule has 0 aliphatic carbocycles. The first kappa shape index (κ1) is 21.5.